The van der Waals surface area contributed by atoms with E-state index in [4.69, 9.17) is 5.73 Å². The first-order valence-corrected chi connectivity index (χ1v) is 7.32. The van der Waals surface area contributed by atoms with Crippen LogP contribution in [0.2, 0.25) is 0 Å². The summed E-state index contributed by atoms with van der Waals surface area (Å²) in [6, 6.07) is 8.44. The monoisotopic (exact) mass is 273 g/mol. The molecular weight excluding hydrogens is 254 g/mol. The lowest BCUT2D eigenvalue weighted by Gasteiger charge is -2.09. The van der Waals surface area contributed by atoms with Gasteiger partial charge in [-0.1, -0.05) is 17.7 Å². The topological polar surface area (TPSA) is 51.8 Å². The van der Waals surface area contributed by atoms with E-state index in [1.54, 1.807) is 11.8 Å². The van der Waals surface area contributed by atoms with Crippen LogP contribution in [-0.4, -0.2) is 9.97 Å². The summed E-state index contributed by atoms with van der Waals surface area (Å²) >= 11 is 1.75. The van der Waals surface area contributed by atoms with Gasteiger partial charge in [-0.05, 0) is 32.9 Å². The Kier molecular flexibility index (Phi) is 4.56. The van der Waals surface area contributed by atoms with Crippen molar-refractivity contribution in [3.8, 4) is 0 Å². The first kappa shape index (κ1) is 14.0. The highest BCUT2D eigenvalue weighted by Crippen LogP contribution is 2.22. The van der Waals surface area contributed by atoms with Crippen LogP contribution in [0.3, 0.4) is 0 Å². The Balaban J connectivity index is 2.06. The van der Waals surface area contributed by atoms with Crippen LogP contribution in [0.25, 0.3) is 0 Å². The van der Waals surface area contributed by atoms with Crippen molar-refractivity contribution >= 4 is 11.8 Å². The van der Waals surface area contributed by atoms with Crippen LogP contribution in [0.1, 0.15) is 35.6 Å². The van der Waals surface area contributed by atoms with Crippen LogP contribution >= 0.6 is 11.8 Å². The van der Waals surface area contributed by atoms with Gasteiger partial charge in [0.1, 0.15) is 5.82 Å². The molecule has 0 fully saturated rings. The number of aryl methyl sites for hydroxylation is 2. The van der Waals surface area contributed by atoms with Gasteiger partial charge in [-0.3, -0.25) is 0 Å². The molecular formula is C15H19N3S. The van der Waals surface area contributed by atoms with Crippen LogP contribution in [0, 0.1) is 13.8 Å². The van der Waals surface area contributed by atoms with Crippen molar-refractivity contribution in [2.45, 2.75) is 37.5 Å². The number of hydrogen-bond donors (Lipinski definition) is 1. The fourth-order valence-electron chi connectivity index (χ4n) is 1.89. The van der Waals surface area contributed by atoms with Gasteiger partial charge in [-0.25, -0.2) is 9.97 Å². The minimum absolute atomic E-state index is 0.0153. The molecule has 1 aromatic carbocycles. The van der Waals surface area contributed by atoms with Crippen LogP contribution in [-0.2, 0) is 5.75 Å². The van der Waals surface area contributed by atoms with Gasteiger partial charge in [-0.2, -0.15) is 0 Å². The third-order valence-electron chi connectivity index (χ3n) is 2.92. The molecule has 0 spiro atoms. The molecule has 1 atom stereocenters. The highest BCUT2D eigenvalue weighted by molar-refractivity contribution is 7.98. The zero-order valence-electron chi connectivity index (χ0n) is 11.6. The molecule has 19 heavy (non-hydrogen) atoms. The summed E-state index contributed by atoms with van der Waals surface area (Å²) < 4.78 is 0. The molecule has 4 heteroatoms. The standard InChI is InChI=1S/C15H19N3S/c1-10-5-4-6-13(7-10)19-9-15-17-8-14(11(2)16)12(3)18-15/h4-8,11H,9,16H2,1-3H3/t11-/m0/s1. The van der Waals surface area contributed by atoms with Gasteiger partial charge in [0.05, 0.1) is 5.75 Å². The SMILES string of the molecule is Cc1cccc(SCc2ncc([C@H](C)N)c(C)n2)c1. The van der Waals surface area contributed by atoms with E-state index in [1.807, 2.05) is 20.0 Å². The van der Waals surface area contributed by atoms with E-state index in [9.17, 15) is 0 Å². The largest absolute Gasteiger partial charge is 0.324 e. The second-order valence-corrected chi connectivity index (χ2v) is 5.77. The molecule has 1 heterocycles. The molecule has 0 radical (unpaired) electrons. The average molecular weight is 273 g/mol. The zero-order valence-corrected chi connectivity index (χ0v) is 12.4. The van der Waals surface area contributed by atoms with Crippen LogP contribution in [0.5, 0.6) is 0 Å². The first-order chi connectivity index (χ1) is 9.06. The maximum absolute atomic E-state index is 5.86. The Labute approximate surface area is 118 Å². The molecule has 0 aliphatic carbocycles. The summed E-state index contributed by atoms with van der Waals surface area (Å²) in [6.07, 6.45) is 1.85. The Bertz CT molecular complexity index is 567. The fourth-order valence-corrected chi connectivity index (χ4v) is 2.77. The fraction of sp³-hybridized carbons (Fsp3) is 0.333. The normalized spacial score (nSPS) is 12.4. The van der Waals surface area contributed by atoms with Gasteiger partial charge >= 0.3 is 0 Å². The van der Waals surface area contributed by atoms with Crippen LogP contribution < -0.4 is 5.73 Å². The van der Waals surface area contributed by atoms with Crippen molar-refractivity contribution in [2.24, 2.45) is 5.73 Å². The summed E-state index contributed by atoms with van der Waals surface area (Å²) in [5.74, 6) is 1.64. The smallest absolute Gasteiger partial charge is 0.138 e. The van der Waals surface area contributed by atoms with Crippen molar-refractivity contribution < 1.29 is 0 Å². The third-order valence-corrected chi connectivity index (χ3v) is 3.91. The number of hydrogen-bond acceptors (Lipinski definition) is 4. The maximum atomic E-state index is 5.86. The highest BCUT2D eigenvalue weighted by atomic mass is 32.2. The van der Waals surface area contributed by atoms with E-state index in [0.717, 1.165) is 22.8 Å². The van der Waals surface area contributed by atoms with E-state index in [2.05, 4.69) is 41.2 Å². The molecule has 2 aromatic rings. The number of nitrogens with two attached hydrogens (primary N) is 1. The Morgan fingerprint density at radius 3 is 2.74 bits per heavy atom. The van der Waals surface area contributed by atoms with Crippen molar-refractivity contribution in [1.29, 1.82) is 0 Å². The lowest BCUT2D eigenvalue weighted by atomic mass is 10.1. The lowest BCUT2D eigenvalue weighted by Crippen LogP contribution is -2.10. The van der Waals surface area contributed by atoms with Crippen molar-refractivity contribution in [3.05, 3.63) is 53.1 Å². The van der Waals surface area contributed by atoms with Gasteiger partial charge in [-0.15, -0.1) is 11.8 Å². The number of nitrogens with zero attached hydrogens (tertiary/aromatic N) is 2. The minimum atomic E-state index is -0.0153. The molecule has 2 N–H and O–H groups in total. The Morgan fingerprint density at radius 1 is 1.32 bits per heavy atom. The molecule has 3 nitrogen and oxygen atoms in total. The number of rotatable bonds is 4. The van der Waals surface area contributed by atoms with E-state index in [0.29, 0.717) is 0 Å². The molecule has 0 amide bonds. The molecule has 100 valence electrons. The molecule has 0 aliphatic heterocycles. The van der Waals surface area contributed by atoms with Gasteiger partial charge in [0.15, 0.2) is 0 Å². The zero-order chi connectivity index (χ0) is 13.8. The molecule has 1 aromatic heterocycles. The van der Waals surface area contributed by atoms with Gasteiger partial charge < -0.3 is 5.73 Å². The Morgan fingerprint density at radius 2 is 2.11 bits per heavy atom. The molecule has 0 saturated heterocycles. The van der Waals surface area contributed by atoms with Crippen molar-refractivity contribution in [3.63, 3.8) is 0 Å². The minimum Gasteiger partial charge on any atom is -0.324 e. The predicted octanol–water partition coefficient (Wildman–Crippen LogP) is 3.41. The first-order valence-electron chi connectivity index (χ1n) is 6.33. The van der Waals surface area contributed by atoms with Crippen molar-refractivity contribution in [1.82, 2.24) is 9.97 Å². The van der Waals surface area contributed by atoms with Crippen LogP contribution in [0.4, 0.5) is 0 Å². The Hall–Kier alpha value is -1.39. The highest BCUT2D eigenvalue weighted by Gasteiger charge is 2.07. The molecule has 0 aliphatic rings. The molecule has 0 unspecified atom stereocenters. The number of benzene rings is 1. The van der Waals surface area contributed by atoms with Crippen LogP contribution in [0.15, 0.2) is 35.4 Å². The molecule has 0 saturated carbocycles. The van der Waals surface area contributed by atoms with Crippen molar-refractivity contribution in [2.75, 3.05) is 0 Å². The third kappa shape index (κ3) is 3.78. The van der Waals surface area contributed by atoms with E-state index in [1.165, 1.54) is 10.5 Å². The quantitative estimate of drug-likeness (QED) is 0.867. The van der Waals surface area contributed by atoms with E-state index in [-0.39, 0.29) is 6.04 Å². The summed E-state index contributed by atoms with van der Waals surface area (Å²) in [5.41, 5.74) is 9.13. The van der Waals surface area contributed by atoms with E-state index < -0.39 is 0 Å². The second-order valence-electron chi connectivity index (χ2n) is 4.72. The summed E-state index contributed by atoms with van der Waals surface area (Å²) in [4.78, 5) is 10.2. The number of aromatic nitrogens is 2. The summed E-state index contributed by atoms with van der Waals surface area (Å²) in [6.45, 7) is 6.04. The number of thioether (sulfide) groups is 1. The maximum Gasteiger partial charge on any atom is 0.138 e. The van der Waals surface area contributed by atoms with Gasteiger partial charge in [0.2, 0.25) is 0 Å². The van der Waals surface area contributed by atoms with Gasteiger partial charge in [0, 0.05) is 28.4 Å². The average Bonchev–Trinajstić information content (AvgIpc) is 2.36. The second kappa shape index (κ2) is 6.17. The summed E-state index contributed by atoms with van der Waals surface area (Å²) in [7, 11) is 0. The van der Waals surface area contributed by atoms with Gasteiger partial charge in [0.25, 0.3) is 0 Å². The molecule has 2 rings (SSSR count). The van der Waals surface area contributed by atoms with E-state index >= 15 is 0 Å². The summed E-state index contributed by atoms with van der Waals surface area (Å²) in [5, 5.41) is 0. The molecule has 0 bridgehead atoms. The predicted molar refractivity (Wildman–Crippen MR) is 80.1 cm³/mol. The lowest BCUT2D eigenvalue weighted by molar-refractivity contribution is 0.781.